The first-order valence-corrected chi connectivity index (χ1v) is 6.50. The smallest absolute Gasteiger partial charge is 0.122 e. The van der Waals surface area contributed by atoms with Crippen LogP contribution in [-0.4, -0.2) is 37.0 Å². The van der Waals surface area contributed by atoms with E-state index in [2.05, 4.69) is 17.1 Å². The van der Waals surface area contributed by atoms with E-state index in [1.165, 1.54) is 0 Å². The van der Waals surface area contributed by atoms with Crippen molar-refractivity contribution in [2.24, 2.45) is 0 Å². The Labute approximate surface area is 109 Å². The fraction of sp³-hybridized carbons (Fsp3) is 0.571. The number of phenols is 1. The van der Waals surface area contributed by atoms with Crippen LogP contribution in [0.25, 0.3) is 0 Å². The van der Waals surface area contributed by atoms with Crippen LogP contribution in [0.5, 0.6) is 5.75 Å². The zero-order chi connectivity index (χ0) is 13.5. The van der Waals surface area contributed by atoms with Crippen LogP contribution in [0.1, 0.15) is 31.9 Å². The molecule has 0 spiro atoms. The van der Waals surface area contributed by atoms with Crippen LogP contribution < -0.4 is 10.2 Å². The van der Waals surface area contributed by atoms with Crippen molar-refractivity contribution in [1.29, 1.82) is 0 Å². The number of phenolic OH excluding ortho intramolecular Hbond substituents is 1. The molecule has 0 saturated carbocycles. The maximum absolute atomic E-state index is 10.0. The molecule has 1 aromatic rings. The fourth-order valence-corrected chi connectivity index (χ4v) is 1.98. The third kappa shape index (κ3) is 3.62. The highest BCUT2D eigenvalue weighted by Gasteiger charge is 2.11. The van der Waals surface area contributed by atoms with Crippen LogP contribution in [0.15, 0.2) is 18.2 Å². The summed E-state index contributed by atoms with van der Waals surface area (Å²) >= 11 is 0. The number of anilines is 1. The van der Waals surface area contributed by atoms with E-state index in [0.29, 0.717) is 5.75 Å². The number of nitrogens with zero attached hydrogens (tertiary/aromatic N) is 1. The van der Waals surface area contributed by atoms with Gasteiger partial charge in [0.2, 0.25) is 0 Å². The molecule has 1 rings (SSSR count). The molecule has 18 heavy (non-hydrogen) atoms. The van der Waals surface area contributed by atoms with E-state index in [1.54, 1.807) is 6.07 Å². The van der Waals surface area contributed by atoms with Gasteiger partial charge in [-0.1, -0.05) is 6.07 Å². The maximum Gasteiger partial charge on any atom is 0.122 e. The number of benzene rings is 1. The zero-order valence-corrected chi connectivity index (χ0v) is 11.5. The van der Waals surface area contributed by atoms with Crippen LogP contribution in [0, 0.1) is 0 Å². The number of rotatable bonds is 7. The van der Waals surface area contributed by atoms with Gasteiger partial charge in [0.15, 0.2) is 0 Å². The third-order valence-corrected chi connectivity index (χ3v) is 3.25. The van der Waals surface area contributed by atoms with Crippen LogP contribution in [-0.2, 0) is 0 Å². The molecule has 0 radical (unpaired) electrons. The average Bonchev–Trinajstić information content (AvgIpc) is 2.39. The first kappa shape index (κ1) is 14.8. The Kier molecular flexibility index (Phi) is 5.95. The van der Waals surface area contributed by atoms with E-state index in [0.717, 1.165) is 30.8 Å². The summed E-state index contributed by atoms with van der Waals surface area (Å²) in [5, 5.41) is 22.0. The van der Waals surface area contributed by atoms with Crippen LogP contribution in [0.4, 0.5) is 5.69 Å². The Morgan fingerprint density at radius 2 is 2.11 bits per heavy atom. The number of aliphatic hydroxyl groups is 1. The standard InChI is InChI=1S/C14H24N2O2/c1-4-16(8-5-9-17)12-6-7-13(11(2)15-3)14(18)10-12/h6-7,10-11,15,17-18H,4-5,8-9H2,1-3H3. The second-order valence-electron chi connectivity index (χ2n) is 4.41. The van der Waals surface area contributed by atoms with Gasteiger partial charge in [-0.3, -0.25) is 0 Å². The minimum absolute atomic E-state index is 0.131. The van der Waals surface area contributed by atoms with Crippen molar-refractivity contribution < 1.29 is 10.2 Å². The lowest BCUT2D eigenvalue weighted by atomic mass is 10.1. The molecule has 1 atom stereocenters. The molecule has 4 heteroatoms. The topological polar surface area (TPSA) is 55.7 Å². The quantitative estimate of drug-likeness (QED) is 0.693. The summed E-state index contributed by atoms with van der Waals surface area (Å²) in [5.41, 5.74) is 1.90. The van der Waals surface area contributed by atoms with Gasteiger partial charge in [0.25, 0.3) is 0 Å². The molecule has 0 saturated heterocycles. The van der Waals surface area contributed by atoms with Crippen molar-refractivity contribution in [1.82, 2.24) is 5.32 Å². The molecule has 0 aliphatic heterocycles. The van der Waals surface area contributed by atoms with Gasteiger partial charge >= 0.3 is 0 Å². The number of aliphatic hydroxyl groups excluding tert-OH is 1. The summed E-state index contributed by atoms with van der Waals surface area (Å²) in [6, 6.07) is 5.90. The van der Waals surface area contributed by atoms with Crippen molar-refractivity contribution >= 4 is 5.69 Å². The SMILES string of the molecule is CCN(CCCO)c1ccc(C(C)NC)c(O)c1. The van der Waals surface area contributed by atoms with E-state index < -0.39 is 0 Å². The minimum atomic E-state index is 0.131. The molecule has 1 unspecified atom stereocenters. The Morgan fingerprint density at radius 3 is 2.61 bits per heavy atom. The molecule has 0 aromatic heterocycles. The predicted molar refractivity (Wildman–Crippen MR) is 75.2 cm³/mol. The fourth-order valence-electron chi connectivity index (χ4n) is 1.98. The van der Waals surface area contributed by atoms with Crippen LogP contribution in [0.3, 0.4) is 0 Å². The number of hydrogen-bond donors (Lipinski definition) is 3. The number of aromatic hydroxyl groups is 1. The molecule has 0 amide bonds. The molecule has 0 bridgehead atoms. The highest BCUT2D eigenvalue weighted by molar-refractivity contribution is 5.54. The van der Waals surface area contributed by atoms with Gasteiger partial charge in [0, 0.05) is 43.1 Å². The van der Waals surface area contributed by atoms with Gasteiger partial charge in [-0.15, -0.1) is 0 Å². The van der Waals surface area contributed by atoms with Crippen molar-refractivity contribution in [3.63, 3.8) is 0 Å². The average molecular weight is 252 g/mol. The Morgan fingerprint density at radius 1 is 1.39 bits per heavy atom. The predicted octanol–water partition coefficient (Wildman–Crippen LogP) is 1.88. The Bertz CT molecular complexity index is 369. The van der Waals surface area contributed by atoms with Crippen molar-refractivity contribution in [3.05, 3.63) is 23.8 Å². The van der Waals surface area contributed by atoms with Gasteiger partial charge in [0.05, 0.1) is 0 Å². The zero-order valence-electron chi connectivity index (χ0n) is 11.5. The van der Waals surface area contributed by atoms with Crippen molar-refractivity contribution in [2.45, 2.75) is 26.3 Å². The molecule has 1 aromatic carbocycles. The van der Waals surface area contributed by atoms with E-state index >= 15 is 0 Å². The monoisotopic (exact) mass is 252 g/mol. The van der Waals surface area contributed by atoms with Crippen LogP contribution >= 0.6 is 0 Å². The molecule has 4 nitrogen and oxygen atoms in total. The van der Waals surface area contributed by atoms with Gasteiger partial charge in [-0.25, -0.2) is 0 Å². The molecule has 0 aliphatic rings. The molecular formula is C14H24N2O2. The summed E-state index contributed by atoms with van der Waals surface area (Å²) in [4.78, 5) is 2.14. The van der Waals surface area contributed by atoms with Crippen molar-refractivity contribution in [3.8, 4) is 5.75 Å². The summed E-state index contributed by atoms with van der Waals surface area (Å²) in [7, 11) is 1.87. The second-order valence-corrected chi connectivity index (χ2v) is 4.41. The molecular weight excluding hydrogens is 228 g/mol. The number of hydrogen-bond acceptors (Lipinski definition) is 4. The van der Waals surface area contributed by atoms with E-state index in [4.69, 9.17) is 5.11 Å². The maximum atomic E-state index is 10.0. The Balaban J connectivity index is 2.87. The lowest BCUT2D eigenvalue weighted by molar-refractivity contribution is 0.289. The van der Waals surface area contributed by atoms with Crippen LogP contribution in [0.2, 0.25) is 0 Å². The number of nitrogens with one attached hydrogen (secondary N) is 1. The lowest BCUT2D eigenvalue weighted by Gasteiger charge is -2.24. The minimum Gasteiger partial charge on any atom is -0.508 e. The lowest BCUT2D eigenvalue weighted by Crippen LogP contribution is -2.24. The van der Waals surface area contributed by atoms with Gasteiger partial charge < -0.3 is 20.4 Å². The summed E-state index contributed by atoms with van der Waals surface area (Å²) in [5.74, 6) is 0.316. The first-order valence-electron chi connectivity index (χ1n) is 6.50. The normalized spacial score (nSPS) is 12.4. The first-order chi connectivity index (χ1) is 8.63. The molecule has 0 aliphatic carbocycles. The third-order valence-electron chi connectivity index (χ3n) is 3.25. The largest absolute Gasteiger partial charge is 0.508 e. The molecule has 102 valence electrons. The highest BCUT2D eigenvalue weighted by Crippen LogP contribution is 2.28. The Hall–Kier alpha value is -1.26. The molecule has 0 heterocycles. The summed E-state index contributed by atoms with van der Waals surface area (Å²) < 4.78 is 0. The van der Waals surface area contributed by atoms with Crippen molar-refractivity contribution in [2.75, 3.05) is 31.6 Å². The van der Waals surface area contributed by atoms with E-state index in [9.17, 15) is 5.11 Å². The summed E-state index contributed by atoms with van der Waals surface area (Å²) in [6.45, 7) is 5.93. The van der Waals surface area contributed by atoms with Gasteiger partial charge in [0.1, 0.15) is 5.75 Å². The van der Waals surface area contributed by atoms with Gasteiger partial charge in [-0.2, -0.15) is 0 Å². The summed E-state index contributed by atoms with van der Waals surface area (Å²) in [6.07, 6.45) is 0.739. The van der Waals surface area contributed by atoms with E-state index in [-0.39, 0.29) is 12.6 Å². The molecule has 3 N–H and O–H groups in total. The second kappa shape index (κ2) is 7.24. The van der Waals surface area contributed by atoms with E-state index in [1.807, 2.05) is 26.1 Å². The van der Waals surface area contributed by atoms with Gasteiger partial charge in [-0.05, 0) is 33.4 Å². The highest BCUT2D eigenvalue weighted by atomic mass is 16.3. The molecule has 0 fully saturated rings.